The standard InChI is InChI=1S/C16H16N4O/c1-4-12-5-7-13(8-6-12)18-14-9-10-16(20(3)19-21)15(11-14)17-2/h1,5-11,17-18H,2-3H3. The summed E-state index contributed by atoms with van der Waals surface area (Å²) in [5.74, 6) is 2.58. The van der Waals surface area contributed by atoms with E-state index in [1.807, 2.05) is 42.5 Å². The molecule has 21 heavy (non-hydrogen) atoms. The minimum absolute atomic E-state index is 0.709. The molecule has 2 rings (SSSR count). The van der Waals surface area contributed by atoms with E-state index >= 15 is 0 Å². The molecule has 0 unspecified atom stereocenters. The second-order valence-corrected chi connectivity index (χ2v) is 4.43. The Labute approximate surface area is 123 Å². The fraction of sp³-hybridized carbons (Fsp3) is 0.125. The lowest BCUT2D eigenvalue weighted by Gasteiger charge is -2.16. The number of terminal acetylenes is 1. The predicted molar refractivity (Wildman–Crippen MR) is 87.8 cm³/mol. The van der Waals surface area contributed by atoms with Crippen molar-refractivity contribution in [2.75, 3.05) is 29.7 Å². The molecule has 0 amide bonds. The van der Waals surface area contributed by atoms with Crippen molar-refractivity contribution in [3.63, 3.8) is 0 Å². The van der Waals surface area contributed by atoms with E-state index in [1.165, 1.54) is 5.01 Å². The second-order valence-electron chi connectivity index (χ2n) is 4.43. The predicted octanol–water partition coefficient (Wildman–Crippen LogP) is 3.57. The highest BCUT2D eigenvalue weighted by molar-refractivity contribution is 5.76. The minimum atomic E-state index is 0.709. The molecule has 0 saturated carbocycles. The van der Waals surface area contributed by atoms with Crippen molar-refractivity contribution < 1.29 is 0 Å². The van der Waals surface area contributed by atoms with Gasteiger partial charge in [0.15, 0.2) is 0 Å². The summed E-state index contributed by atoms with van der Waals surface area (Å²) in [6.45, 7) is 0. The van der Waals surface area contributed by atoms with Crippen LogP contribution in [0.15, 0.2) is 47.8 Å². The Morgan fingerprint density at radius 3 is 2.38 bits per heavy atom. The van der Waals surface area contributed by atoms with Crippen LogP contribution < -0.4 is 15.6 Å². The summed E-state index contributed by atoms with van der Waals surface area (Å²) < 4.78 is 0. The Kier molecular flexibility index (Phi) is 4.42. The van der Waals surface area contributed by atoms with E-state index < -0.39 is 0 Å². The zero-order valence-corrected chi connectivity index (χ0v) is 11.9. The molecule has 0 spiro atoms. The lowest BCUT2D eigenvalue weighted by Crippen LogP contribution is -2.09. The van der Waals surface area contributed by atoms with Gasteiger partial charge in [-0.3, -0.25) is 0 Å². The third kappa shape index (κ3) is 3.31. The topological polar surface area (TPSA) is 56.7 Å². The zero-order valence-electron chi connectivity index (χ0n) is 11.9. The van der Waals surface area contributed by atoms with Crippen molar-refractivity contribution in [2.24, 2.45) is 5.29 Å². The van der Waals surface area contributed by atoms with Gasteiger partial charge in [0.1, 0.15) is 0 Å². The molecule has 0 radical (unpaired) electrons. The third-order valence-electron chi connectivity index (χ3n) is 3.08. The summed E-state index contributed by atoms with van der Waals surface area (Å²) in [6, 6.07) is 13.2. The van der Waals surface area contributed by atoms with Crippen LogP contribution in [0, 0.1) is 17.3 Å². The molecular weight excluding hydrogens is 264 g/mol. The summed E-state index contributed by atoms with van der Waals surface area (Å²) in [4.78, 5) is 10.6. The number of nitrogens with one attached hydrogen (secondary N) is 2. The second kappa shape index (κ2) is 6.44. The first-order chi connectivity index (χ1) is 10.2. The van der Waals surface area contributed by atoms with Gasteiger partial charge < -0.3 is 10.6 Å². The van der Waals surface area contributed by atoms with E-state index in [1.54, 1.807) is 14.1 Å². The smallest absolute Gasteiger partial charge is 0.0855 e. The van der Waals surface area contributed by atoms with E-state index in [0.717, 1.165) is 22.6 Å². The number of hydrogen-bond acceptors (Lipinski definition) is 4. The Hall–Kier alpha value is -3.00. The Balaban J connectivity index is 2.24. The Morgan fingerprint density at radius 1 is 1.14 bits per heavy atom. The molecule has 0 atom stereocenters. The lowest BCUT2D eigenvalue weighted by molar-refractivity contribution is 1.01. The molecule has 5 nitrogen and oxygen atoms in total. The monoisotopic (exact) mass is 280 g/mol. The highest BCUT2D eigenvalue weighted by atomic mass is 16.3. The fourth-order valence-corrected chi connectivity index (χ4v) is 1.96. The number of hydrogen-bond donors (Lipinski definition) is 2. The maximum absolute atomic E-state index is 10.6. The van der Waals surface area contributed by atoms with Gasteiger partial charge in [-0.05, 0) is 42.5 Å². The van der Waals surface area contributed by atoms with Crippen LogP contribution in [0.25, 0.3) is 0 Å². The van der Waals surface area contributed by atoms with Gasteiger partial charge in [-0.25, -0.2) is 5.01 Å². The SMILES string of the molecule is C#Cc1ccc(Nc2ccc(N(C)N=O)c(NC)c2)cc1. The quantitative estimate of drug-likeness (QED) is 0.499. The molecule has 2 N–H and O–H groups in total. The molecule has 5 heteroatoms. The molecule has 0 bridgehead atoms. The highest BCUT2D eigenvalue weighted by Crippen LogP contribution is 2.29. The van der Waals surface area contributed by atoms with E-state index in [4.69, 9.17) is 6.42 Å². The van der Waals surface area contributed by atoms with Crippen LogP contribution in [0.3, 0.4) is 0 Å². The van der Waals surface area contributed by atoms with Crippen LogP contribution in [0.1, 0.15) is 5.56 Å². The Morgan fingerprint density at radius 2 is 1.81 bits per heavy atom. The van der Waals surface area contributed by atoms with Gasteiger partial charge in [-0.2, -0.15) is 0 Å². The van der Waals surface area contributed by atoms with Crippen molar-refractivity contribution in [1.29, 1.82) is 0 Å². The van der Waals surface area contributed by atoms with Gasteiger partial charge in [0.05, 0.1) is 16.7 Å². The van der Waals surface area contributed by atoms with E-state index in [-0.39, 0.29) is 0 Å². The molecule has 2 aromatic rings. The Bertz CT molecular complexity index is 674. The van der Waals surface area contributed by atoms with Crippen LogP contribution in [0.5, 0.6) is 0 Å². The molecular formula is C16H16N4O. The number of anilines is 4. The molecule has 0 aliphatic heterocycles. The van der Waals surface area contributed by atoms with Gasteiger partial charge in [-0.1, -0.05) is 5.92 Å². The van der Waals surface area contributed by atoms with Crippen LogP contribution >= 0.6 is 0 Å². The van der Waals surface area contributed by atoms with Crippen LogP contribution in [0.2, 0.25) is 0 Å². The highest BCUT2D eigenvalue weighted by Gasteiger charge is 2.07. The number of rotatable bonds is 5. The summed E-state index contributed by atoms with van der Waals surface area (Å²) in [7, 11) is 3.40. The molecule has 0 heterocycles. The van der Waals surface area contributed by atoms with Gasteiger partial charge in [0.2, 0.25) is 0 Å². The molecule has 106 valence electrons. The van der Waals surface area contributed by atoms with Gasteiger partial charge >= 0.3 is 0 Å². The first-order valence-electron chi connectivity index (χ1n) is 6.40. The van der Waals surface area contributed by atoms with Crippen LogP contribution in [-0.2, 0) is 0 Å². The summed E-state index contributed by atoms with van der Waals surface area (Å²) in [6.07, 6.45) is 5.33. The summed E-state index contributed by atoms with van der Waals surface area (Å²) >= 11 is 0. The lowest BCUT2D eigenvalue weighted by atomic mass is 10.2. The fourth-order valence-electron chi connectivity index (χ4n) is 1.96. The van der Waals surface area contributed by atoms with Crippen LogP contribution in [0.4, 0.5) is 22.7 Å². The molecule has 0 aromatic heterocycles. The van der Waals surface area contributed by atoms with Gasteiger partial charge in [-0.15, -0.1) is 11.3 Å². The maximum atomic E-state index is 10.6. The van der Waals surface area contributed by atoms with Crippen molar-refractivity contribution in [3.8, 4) is 12.3 Å². The molecule has 0 aliphatic carbocycles. The van der Waals surface area contributed by atoms with E-state index in [2.05, 4.69) is 21.8 Å². The third-order valence-corrected chi connectivity index (χ3v) is 3.08. The summed E-state index contributed by atoms with van der Waals surface area (Å²) in [5, 5.41) is 10.5. The van der Waals surface area contributed by atoms with Crippen molar-refractivity contribution in [2.45, 2.75) is 0 Å². The van der Waals surface area contributed by atoms with E-state index in [0.29, 0.717) is 5.69 Å². The molecule has 0 saturated heterocycles. The number of benzene rings is 2. The summed E-state index contributed by atoms with van der Waals surface area (Å²) in [5.41, 5.74) is 4.19. The first kappa shape index (κ1) is 14.4. The van der Waals surface area contributed by atoms with Gasteiger partial charge in [0.25, 0.3) is 0 Å². The number of nitrogens with zero attached hydrogens (tertiary/aromatic N) is 2. The average Bonchev–Trinajstić information content (AvgIpc) is 2.54. The van der Waals surface area contributed by atoms with Crippen molar-refractivity contribution in [1.82, 2.24) is 0 Å². The minimum Gasteiger partial charge on any atom is -0.386 e. The van der Waals surface area contributed by atoms with Gasteiger partial charge in [0, 0.05) is 31.0 Å². The molecule has 0 aliphatic rings. The van der Waals surface area contributed by atoms with Crippen LogP contribution in [-0.4, -0.2) is 14.1 Å². The van der Waals surface area contributed by atoms with Crippen molar-refractivity contribution >= 4 is 22.7 Å². The molecule has 0 fully saturated rings. The maximum Gasteiger partial charge on any atom is 0.0855 e. The average molecular weight is 280 g/mol. The first-order valence-corrected chi connectivity index (χ1v) is 6.40. The number of nitroso groups, excluding NO2 is 1. The zero-order chi connectivity index (χ0) is 15.2. The van der Waals surface area contributed by atoms with E-state index in [9.17, 15) is 4.91 Å². The van der Waals surface area contributed by atoms with Crippen molar-refractivity contribution in [3.05, 3.63) is 52.9 Å². The normalized spacial score (nSPS) is 9.57. The molecule has 2 aromatic carbocycles. The largest absolute Gasteiger partial charge is 0.386 e.